The Morgan fingerprint density at radius 1 is 0.966 bits per heavy atom. The Bertz CT molecular complexity index is 965. The Morgan fingerprint density at radius 3 is 2.03 bits per heavy atom. The molecular weight excluding hydrogens is 388 g/mol. The number of sulfone groups is 1. The minimum atomic E-state index is -3.58. The van der Waals surface area contributed by atoms with E-state index in [1.807, 2.05) is 19.1 Å². The van der Waals surface area contributed by atoms with Crippen LogP contribution in [-0.2, 0) is 24.8 Å². The second kappa shape index (κ2) is 8.91. The lowest BCUT2D eigenvalue weighted by molar-refractivity contribution is -0.145. The highest BCUT2D eigenvalue weighted by Crippen LogP contribution is 2.22. The summed E-state index contributed by atoms with van der Waals surface area (Å²) in [6.07, 6.45) is -1.29. The maximum Gasteiger partial charge on any atom is 0.307 e. The Kier molecular flexibility index (Phi) is 7.01. The van der Waals surface area contributed by atoms with Crippen molar-refractivity contribution in [2.75, 3.05) is 5.75 Å². The van der Waals surface area contributed by atoms with E-state index in [9.17, 15) is 18.0 Å². The molecule has 0 aliphatic carbocycles. The normalized spacial score (nSPS) is 13.0. The van der Waals surface area contributed by atoms with Crippen LogP contribution in [0.4, 0.5) is 0 Å². The molecule has 0 N–H and O–H groups in total. The fourth-order valence-corrected chi connectivity index (χ4v) is 3.98. The van der Waals surface area contributed by atoms with Crippen molar-refractivity contribution in [3.8, 4) is 0 Å². The van der Waals surface area contributed by atoms with Gasteiger partial charge in [0.15, 0.2) is 15.9 Å². The molecule has 156 valence electrons. The second-order valence-corrected chi connectivity index (χ2v) is 10.3. The smallest absolute Gasteiger partial charge is 0.307 e. The number of Topliss-reactive ketones (excluding diaryl/α,β-unsaturated/α-hetero) is 1. The van der Waals surface area contributed by atoms with Gasteiger partial charge in [-0.25, -0.2) is 8.42 Å². The van der Waals surface area contributed by atoms with Crippen LogP contribution in [0, 0.1) is 6.92 Å². The third-order valence-electron chi connectivity index (χ3n) is 4.67. The first-order chi connectivity index (χ1) is 13.4. The van der Waals surface area contributed by atoms with Crippen molar-refractivity contribution in [2.45, 2.75) is 57.5 Å². The Morgan fingerprint density at radius 2 is 1.52 bits per heavy atom. The Balaban J connectivity index is 1.94. The quantitative estimate of drug-likeness (QED) is 0.497. The number of hydrogen-bond acceptors (Lipinski definition) is 5. The zero-order valence-electron chi connectivity index (χ0n) is 17.6. The fourth-order valence-electron chi connectivity index (χ4n) is 2.76. The van der Waals surface area contributed by atoms with Crippen LogP contribution >= 0.6 is 0 Å². The molecule has 0 heterocycles. The van der Waals surface area contributed by atoms with Crippen molar-refractivity contribution >= 4 is 21.6 Å². The van der Waals surface area contributed by atoms with E-state index in [-0.39, 0.29) is 28.3 Å². The maximum absolute atomic E-state index is 12.5. The van der Waals surface area contributed by atoms with Gasteiger partial charge < -0.3 is 4.74 Å². The number of esters is 1. The summed E-state index contributed by atoms with van der Waals surface area (Å²) < 4.78 is 29.8. The van der Waals surface area contributed by atoms with Crippen molar-refractivity contribution in [2.24, 2.45) is 0 Å². The molecule has 0 aromatic heterocycles. The SMILES string of the molecule is Cc1ccc(S(=O)(=O)CCC(=O)OC(C)C(=O)c2ccc(C(C)(C)C)cc2)cc1. The average molecular weight is 417 g/mol. The molecule has 0 aliphatic heterocycles. The minimum absolute atomic E-state index is 0.0252. The van der Waals surface area contributed by atoms with E-state index in [0.717, 1.165) is 11.1 Å². The molecule has 0 aliphatic rings. The fraction of sp³-hybridized carbons (Fsp3) is 0.391. The molecule has 1 unspecified atom stereocenters. The number of carbonyl (C=O) groups excluding carboxylic acids is 2. The van der Waals surface area contributed by atoms with Crippen molar-refractivity contribution in [1.29, 1.82) is 0 Å². The van der Waals surface area contributed by atoms with E-state index >= 15 is 0 Å². The molecule has 2 rings (SSSR count). The Labute approximate surface area is 173 Å². The first-order valence-corrected chi connectivity index (χ1v) is 11.2. The van der Waals surface area contributed by atoms with Gasteiger partial charge >= 0.3 is 5.97 Å². The van der Waals surface area contributed by atoms with Crippen molar-refractivity contribution in [3.63, 3.8) is 0 Å². The van der Waals surface area contributed by atoms with Gasteiger partial charge in [-0.2, -0.15) is 0 Å². The first kappa shape index (κ1) is 22.8. The number of aryl methyl sites for hydroxylation is 1. The molecule has 0 saturated heterocycles. The molecule has 0 fully saturated rings. The summed E-state index contributed by atoms with van der Waals surface area (Å²) in [7, 11) is -3.58. The molecule has 0 spiro atoms. The highest BCUT2D eigenvalue weighted by Gasteiger charge is 2.23. The molecule has 1 atom stereocenters. The number of rotatable bonds is 7. The lowest BCUT2D eigenvalue weighted by Gasteiger charge is -2.19. The lowest BCUT2D eigenvalue weighted by atomic mass is 9.86. The topological polar surface area (TPSA) is 77.5 Å². The van der Waals surface area contributed by atoms with Gasteiger partial charge in [0.1, 0.15) is 0 Å². The van der Waals surface area contributed by atoms with Crippen molar-refractivity contribution in [3.05, 3.63) is 65.2 Å². The van der Waals surface area contributed by atoms with E-state index in [4.69, 9.17) is 4.74 Å². The highest BCUT2D eigenvalue weighted by atomic mass is 32.2. The van der Waals surface area contributed by atoms with Crippen LogP contribution in [0.2, 0.25) is 0 Å². The van der Waals surface area contributed by atoms with Gasteiger partial charge in [0.05, 0.1) is 17.1 Å². The summed E-state index contributed by atoms with van der Waals surface area (Å²) in [6.45, 7) is 9.60. The molecular formula is C23H28O5S. The van der Waals surface area contributed by atoms with Gasteiger partial charge in [0, 0.05) is 5.56 Å². The van der Waals surface area contributed by atoms with Gasteiger partial charge in [0.2, 0.25) is 5.78 Å². The number of hydrogen-bond donors (Lipinski definition) is 0. The van der Waals surface area contributed by atoms with Crippen LogP contribution in [0.1, 0.15) is 55.6 Å². The lowest BCUT2D eigenvalue weighted by Crippen LogP contribution is -2.25. The van der Waals surface area contributed by atoms with Gasteiger partial charge in [-0.15, -0.1) is 0 Å². The summed E-state index contributed by atoms with van der Waals surface area (Å²) in [4.78, 5) is 24.7. The van der Waals surface area contributed by atoms with Crippen LogP contribution in [0.3, 0.4) is 0 Å². The number of ketones is 1. The van der Waals surface area contributed by atoms with Crippen LogP contribution in [0.5, 0.6) is 0 Å². The summed E-state index contributed by atoms with van der Waals surface area (Å²) in [5, 5.41) is 0. The van der Waals surface area contributed by atoms with Gasteiger partial charge in [-0.05, 0) is 37.0 Å². The van der Waals surface area contributed by atoms with Gasteiger partial charge in [-0.1, -0.05) is 62.7 Å². The first-order valence-electron chi connectivity index (χ1n) is 9.54. The molecule has 6 heteroatoms. The van der Waals surface area contributed by atoms with Crippen molar-refractivity contribution < 1.29 is 22.7 Å². The van der Waals surface area contributed by atoms with Crippen LogP contribution < -0.4 is 0 Å². The summed E-state index contributed by atoms with van der Waals surface area (Å²) in [6, 6.07) is 13.6. The monoisotopic (exact) mass is 416 g/mol. The standard InChI is InChI=1S/C23H28O5S/c1-16-6-12-20(13-7-16)29(26,27)15-14-21(24)28-17(2)22(25)18-8-10-19(11-9-18)23(3,4)5/h6-13,17H,14-15H2,1-5H3. The average Bonchev–Trinajstić information content (AvgIpc) is 2.65. The van der Waals surface area contributed by atoms with Gasteiger partial charge in [0.25, 0.3) is 0 Å². The third kappa shape index (κ3) is 6.26. The summed E-state index contributed by atoms with van der Waals surface area (Å²) in [5.74, 6) is -1.40. The van der Waals surface area contributed by atoms with Crippen LogP contribution in [0.15, 0.2) is 53.4 Å². The number of carbonyl (C=O) groups is 2. The maximum atomic E-state index is 12.5. The number of benzene rings is 2. The highest BCUT2D eigenvalue weighted by molar-refractivity contribution is 7.91. The van der Waals surface area contributed by atoms with Crippen LogP contribution in [-0.4, -0.2) is 32.0 Å². The molecule has 0 saturated carbocycles. The van der Waals surface area contributed by atoms with E-state index in [2.05, 4.69) is 20.8 Å². The summed E-state index contributed by atoms with van der Waals surface area (Å²) >= 11 is 0. The number of ether oxygens (including phenoxy) is 1. The molecule has 0 amide bonds. The predicted molar refractivity (Wildman–Crippen MR) is 113 cm³/mol. The molecule has 2 aromatic rings. The zero-order valence-corrected chi connectivity index (χ0v) is 18.4. The second-order valence-electron chi connectivity index (χ2n) is 8.21. The van der Waals surface area contributed by atoms with E-state index < -0.39 is 21.9 Å². The third-order valence-corrected chi connectivity index (χ3v) is 6.40. The van der Waals surface area contributed by atoms with Crippen LogP contribution in [0.25, 0.3) is 0 Å². The van der Waals surface area contributed by atoms with E-state index in [1.165, 1.54) is 19.1 Å². The minimum Gasteiger partial charge on any atom is -0.454 e. The molecule has 0 bridgehead atoms. The van der Waals surface area contributed by atoms with Gasteiger partial charge in [-0.3, -0.25) is 9.59 Å². The predicted octanol–water partition coefficient (Wildman–Crippen LogP) is 4.27. The molecule has 29 heavy (non-hydrogen) atoms. The molecule has 5 nitrogen and oxygen atoms in total. The zero-order chi connectivity index (χ0) is 21.8. The van der Waals surface area contributed by atoms with E-state index in [1.54, 1.807) is 24.3 Å². The molecule has 2 aromatic carbocycles. The largest absolute Gasteiger partial charge is 0.454 e. The van der Waals surface area contributed by atoms with E-state index in [0.29, 0.717) is 5.56 Å². The van der Waals surface area contributed by atoms with Crippen molar-refractivity contribution in [1.82, 2.24) is 0 Å². The Hall–Kier alpha value is -2.47. The summed E-state index contributed by atoms with van der Waals surface area (Å²) in [5.41, 5.74) is 2.47. The molecule has 0 radical (unpaired) electrons.